The van der Waals surface area contributed by atoms with Crippen LogP contribution in [0.25, 0.3) is 5.65 Å². The van der Waals surface area contributed by atoms with E-state index in [9.17, 15) is 9.59 Å². The van der Waals surface area contributed by atoms with E-state index < -0.39 is 0 Å². The highest BCUT2D eigenvalue weighted by Gasteiger charge is 2.33. The smallest absolute Gasteiger partial charge is 0.256 e. The van der Waals surface area contributed by atoms with Crippen molar-refractivity contribution in [3.05, 3.63) is 29.2 Å². The Bertz CT molecular complexity index is 909. The topological polar surface area (TPSA) is 79.6 Å². The molecule has 1 aliphatic carbocycles. The summed E-state index contributed by atoms with van der Waals surface area (Å²) < 4.78 is 1.68. The second-order valence-corrected chi connectivity index (χ2v) is 9.22. The highest BCUT2D eigenvalue weighted by atomic mass is 16.1. The molecule has 0 atom stereocenters. The van der Waals surface area contributed by atoms with Crippen LogP contribution in [0.4, 0.5) is 0 Å². The molecular formula is C22H31N5O2. The Morgan fingerprint density at radius 1 is 1.14 bits per heavy atom. The minimum Gasteiger partial charge on any atom is -0.352 e. The van der Waals surface area contributed by atoms with Crippen molar-refractivity contribution in [2.45, 2.75) is 58.8 Å². The van der Waals surface area contributed by atoms with Gasteiger partial charge in [-0.3, -0.25) is 9.59 Å². The highest BCUT2D eigenvalue weighted by molar-refractivity contribution is 6.01. The molecule has 0 spiro atoms. The first-order chi connectivity index (χ1) is 13.9. The van der Waals surface area contributed by atoms with E-state index in [1.165, 1.54) is 38.8 Å². The van der Waals surface area contributed by atoms with E-state index in [2.05, 4.69) is 34.1 Å². The number of hydrogen-bond acceptors (Lipinski definition) is 5. The molecule has 2 aromatic rings. The fraction of sp³-hybridized carbons (Fsp3) is 0.636. The monoisotopic (exact) mass is 397 g/mol. The Morgan fingerprint density at radius 2 is 1.90 bits per heavy atom. The Morgan fingerprint density at radius 3 is 2.66 bits per heavy atom. The number of carbonyl (C=O) groups is 2. The summed E-state index contributed by atoms with van der Waals surface area (Å²) in [5.41, 5.74) is 2.37. The Balaban J connectivity index is 1.42. The van der Waals surface area contributed by atoms with Crippen LogP contribution >= 0.6 is 0 Å². The van der Waals surface area contributed by atoms with Gasteiger partial charge in [-0.2, -0.15) is 5.10 Å². The van der Waals surface area contributed by atoms with Crippen LogP contribution in [0.5, 0.6) is 0 Å². The minimum absolute atomic E-state index is 0.0978. The summed E-state index contributed by atoms with van der Waals surface area (Å²) in [7, 11) is 0. The van der Waals surface area contributed by atoms with Crippen LogP contribution in [-0.2, 0) is 6.42 Å². The van der Waals surface area contributed by atoms with Crippen molar-refractivity contribution < 1.29 is 9.59 Å². The number of amides is 1. The van der Waals surface area contributed by atoms with Gasteiger partial charge in [0.1, 0.15) is 5.56 Å². The van der Waals surface area contributed by atoms with Gasteiger partial charge in [-0.25, -0.2) is 9.50 Å². The zero-order chi connectivity index (χ0) is 20.4. The molecule has 156 valence electrons. The molecule has 4 rings (SSSR count). The number of likely N-dealkylation sites (tertiary alicyclic amines) is 1. The predicted octanol–water partition coefficient (Wildman–Crippen LogP) is 2.88. The minimum atomic E-state index is -0.148. The SMILES string of the molecule is CC1(C)CC(=O)c2cnc3c(C(=O)NCCCN4CCCCCC4)cnn3c2C1. The summed E-state index contributed by atoms with van der Waals surface area (Å²) >= 11 is 0. The number of carbonyl (C=O) groups excluding carboxylic acids is 2. The van der Waals surface area contributed by atoms with E-state index in [1.807, 2.05) is 0 Å². The lowest BCUT2D eigenvalue weighted by Crippen LogP contribution is -2.31. The molecule has 2 aromatic heterocycles. The van der Waals surface area contributed by atoms with Gasteiger partial charge in [0.2, 0.25) is 0 Å². The molecule has 0 aromatic carbocycles. The van der Waals surface area contributed by atoms with Gasteiger partial charge in [0, 0.05) is 19.2 Å². The quantitative estimate of drug-likeness (QED) is 0.785. The number of ketones is 1. The zero-order valence-corrected chi connectivity index (χ0v) is 17.5. The second kappa shape index (κ2) is 8.22. The maximum Gasteiger partial charge on any atom is 0.256 e. The molecule has 1 fully saturated rings. The number of aromatic nitrogens is 3. The van der Waals surface area contributed by atoms with Gasteiger partial charge in [0.25, 0.3) is 5.91 Å². The van der Waals surface area contributed by atoms with Crippen LogP contribution in [0.15, 0.2) is 12.4 Å². The Labute approximate surface area is 171 Å². The largest absolute Gasteiger partial charge is 0.352 e. The average Bonchev–Trinajstić information content (AvgIpc) is 2.94. The fourth-order valence-corrected chi connectivity index (χ4v) is 4.55. The van der Waals surface area contributed by atoms with E-state index >= 15 is 0 Å². The third-order valence-electron chi connectivity index (χ3n) is 6.09. The standard InChI is InChI=1S/C22H31N5O2/c1-22(2)12-18-16(19(28)13-22)14-24-20-17(15-25-27(18)20)21(29)23-8-7-11-26-9-5-3-4-6-10-26/h14-15H,3-13H2,1-2H3,(H,23,29). The summed E-state index contributed by atoms with van der Waals surface area (Å²) in [6, 6.07) is 0. The van der Waals surface area contributed by atoms with E-state index in [-0.39, 0.29) is 17.1 Å². The number of fused-ring (bicyclic) bond motifs is 3. The highest BCUT2D eigenvalue weighted by Crippen LogP contribution is 2.34. The molecule has 0 bridgehead atoms. The Kier molecular flexibility index (Phi) is 5.67. The molecule has 0 saturated carbocycles. The number of Topliss-reactive ketones (excluding diaryl/α,β-unsaturated/α-hetero) is 1. The van der Waals surface area contributed by atoms with Crippen LogP contribution in [0, 0.1) is 5.41 Å². The van der Waals surface area contributed by atoms with Gasteiger partial charge in [0.05, 0.1) is 17.5 Å². The van der Waals surface area contributed by atoms with Gasteiger partial charge in [-0.1, -0.05) is 26.7 Å². The molecule has 3 heterocycles. The van der Waals surface area contributed by atoms with E-state index in [0.717, 1.165) is 25.1 Å². The number of rotatable bonds is 5. The summed E-state index contributed by atoms with van der Waals surface area (Å²) in [5, 5.41) is 7.41. The third kappa shape index (κ3) is 4.34. The molecule has 1 N–H and O–H groups in total. The van der Waals surface area contributed by atoms with E-state index in [1.54, 1.807) is 16.9 Å². The first-order valence-corrected chi connectivity index (χ1v) is 10.8. The molecule has 7 heteroatoms. The van der Waals surface area contributed by atoms with Gasteiger partial charge < -0.3 is 10.2 Å². The lowest BCUT2D eigenvalue weighted by atomic mass is 9.76. The third-order valence-corrected chi connectivity index (χ3v) is 6.09. The molecule has 0 unspecified atom stereocenters. The van der Waals surface area contributed by atoms with E-state index in [0.29, 0.717) is 29.7 Å². The summed E-state index contributed by atoms with van der Waals surface area (Å²) in [6.07, 6.45) is 10.6. The Hall–Kier alpha value is -2.28. The van der Waals surface area contributed by atoms with Crippen molar-refractivity contribution in [2.24, 2.45) is 5.41 Å². The lowest BCUT2D eigenvalue weighted by Gasteiger charge is -2.29. The zero-order valence-electron chi connectivity index (χ0n) is 17.5. The van der Waals surface area contributed by atoms with Crippen molar-refractivity contribution in [3.8, 4) is 0 Å². The average molecular weight is 398 g/mol. The number of nitrogens with one attached hydrogen (secondary N) is 1. The van der Waals surface area contributed by atoms with Gasteiger partial charge in [-0.05, 0) is 50.7 Å². The molecular weight excluding hydrogens is 366 g/mol. The summed E-state index contributed by atoms with van der Waals surface area (Å²) in [4.78, 5) is 32.0. The fourth-order valence-electron chi connectivity index (χ4n) is 4.55. The van der Waals surface area contributed by atoms with Gasteiger partial charge in [-0.15, -0.1) is 0 Å². The molecule has 29 heavy (non-hydrogen) atoms. The van der Waals surface area contributed by atoms with Gasteiger partial charge >= 0.3 is 0 Å². The van der Waals surface area contributed by atoms with Crippen molar-refractivity contribution >= 4 is 17.3 Å². The first kappa shape index (κ1) is 20.0. The van der Waals surface area contributed by atoms with E-state index in [4.69, 9.17) is 0 Å². The molecule has 0 radical (unpaired) electrons. The molecule has 7 nitrogen and oxygen atoms in total. The molecule has 2 aliphatic rings. The first-order valence-electron chi connectivity index (χ1n) is 10.8. The maximum absolute atomic E-state index is 12.7. The molecule has 1 saturated heterocycles. The summed E-state index contributed by atoms with van der Waals surface area (Å²) in [5.74, 6) is -0.0506. The number of nitrogens with zero attached hydrogens (tertiary/aromatic N) is 4. The van der Waals surface area contributed by atoms with Crippen LogP contribution in [0.3, 0.4) is 0 Å². The van der Waals surface area contributed by atoms with Crippen LogP contribution < -0.4 is 5.32 Å². The lowest BCUT2D eigenvalue weighted by molar-refractivity contribution is 0.0907. The van der Waals surface area contributed by atoms with Crippen molar-refractivity contribution in [1.82, 2.24) is 24.8 Å². The van der Waals surface area contributed by atoms with Crippen LogP contribution in [-0.4, -0.2) is 57.4 Å². The van der Waals surface area contributed by atoms with Gasteiger partial charge in [0.15, 0.2) is 11.4 Å². The molecule has 1 amide bonds. The number of hydrogen-bond donors (Lipinski definition) is 1. The summed E-state index contributed by atoms with van der Waals surface area (Å²) in [6.45, 7) is 8.18. The predicted molar refractivity (Wildman–Crippen MR) is 111 cm³/mol. The van der Waals surface area contributed by atoms with Crippen molar-refractivity contribution in [2.75, 3.05) is 26.2 Å². The molecule has 1 aliphatic heterocycles. The second-order valence-electron chi connectivity index (χ2n) is 9.22. The van der Waals surface area contributed by atoms with Crippen molar-refractivity contribution in [1.29, 1.82) is 0 Å². The van der Waals surface area contributed by atoms with Crippen LogP contribution in [0.2, 0.25) is 0 Å². The van der Waals surface area contributed by atoms with Crippen LogP contribution in [0.1, 0.15) is 78.8 Å². The maximum atomic E-state index is 12.7. The normalized spacial score (nSPS) is 19.7. The van der Waals surface area contributed by atoms with Crippen molar-refractivity contribution in [3.63, 3.8) is 0 Å².